The van der Waals surface area contributed by atoms with Crippen molar-refractivity contribution >= 4 is 11.6 Å². The average molecular weight is 253 g/mol. The highest BCUT2D eigenvalue weighted by Crippen LogP contribution is 2.19. The summed E-state index contributed by atoms with van der Waals surface area (Å²) in [5.41, 5.74) is 6.35. The SMILES string of the molecule is CCCNCc1ccc(N(C)CC(N)=O)c(F)c1. The van der Waals surface area contributed by atoms with Crippen LogP contribution < -0.4 is 16.0 Å². The predicted octanol–water partition coefficient (Wildman–Crippen LogP) is 1.25. The number of hydrogen-bond acceptors (Lipinski definition) is 3. The van der Waals surface area contributed by atoms with Crippen molar-refractivity contribution in [2.75, 3.05) is 25.0 Å². The van der Waals surface area contributed by atoms with Crippen LogP contribution in [-0.4, -0.2) is 26.0 Å². The Morgan fingerprint density at radius 3 is 2.78 bits per heavy atom. The topological polar surface area (TPSA) is 58.4 Å². The lowest BCUT2D eigenvalue weighted by molar-refractivity contribution is -0.116. The molecule has 5 heteroatoms. The molecule has 1 aromatic carbocycles. The number of primary amides is 1. The largest absolute Gasteiger partial charge is 0.368 e. The molecule has 0 aliphatic heterocycles. The van der Waals surface area contributed by atoms with E-state index in [1.807, 2.05) is 6.07 Å². The molecule has 0 saturated carbocycles. The monoisotopic (exact) mass is 253 g/mol. The Morgan fingerprint density at radius 1 is 1.50 bits per heavy atom. The zero-order chi connectivity index (χ0) is 13.5. The number of nitrogens with one attached hydrogen (secondary N) is 1. The van der Waals surface area contributed by atoms with E-state index in [4.69, 9.17) is 5.73 Å². The molecule has 0 spiro atoms. The lowest BCUT2D eigenvalue weighted by Gasteiger charge is -2.18. The number of nitrogens with zero attached hydrogens (tertiary/aromatic N) is 1. The predicted molar refractivity (Wildman–Crippen MR) is 70.9 cm³/mol. The highest BCUT2D eigenvalue weighted by atomic mass is 19.1. The summed E-state index contributed by atoms with van der Waals surface area (Å²) in [7, 11) is 1.64. The molecular formula is C13H20FN3O. The first kappa shape index (κ1) is 14.4. The first-order valence-corrected chi connectivity index (χ1v) is 6.03. The van der Waals surface area contributed by atoms with Gasteiger partial charge >= 0.3 is 0 Å². The van der Waals surface area contributed by atoms with E-state index in [9.17, 15) is 9.18 Å². The summed E-state index contributed by atoms with van der Waals surface area (Å²) < 4.78 is 13.8. The summed E-state index contributed by atoms with van der Waals surface area (Å²) in [5.74, 6) is -0.819. The number of amides is 1. The second-order valence-electron chi connectivity index (χ2n) is 4.28. The maximum atomic E-state index is 13.8. The summed E-state index contributed by atoms with van der Waals surface area (Å²) in [6.07, 6.45) is 1.04. The van der Waals surface area contributed by atoms with Gasteiger partial charge in [0.15, 0.2) is 0 Å². The van der Waals surface area contributed by atoms with Crippen molar-refractivity contribution in [3.8, 4) is 0 Å². The zero-order valence-electron chi connectivity index (χ0n) is 10.9. The van der Waals surface area contributed by atoms with Gasteiger partial charge in [-0.05, 0) is 30.7 Å². The van der Waals surface area contributed by atoms with Crippen molar-refractivity contribution < 1.29 is 9.18 Å². The van der Waals surface area contributed by atoms with E-state index in [-0.39, 0.29) is 12.4 Å². The van der Waals surface area contributed by atoms with Crippen LogP contribution in [0.3, 0.4) is 0 Å². The second kappa shape index (κ2) is 6.96. The molecule has 100 valence electrons. The van der Waals surface area contributed by atoms with Gasteiger partial charge in [0.1, 0.15) is 5.82 Å². The number of rotatable bonds is 7. The summed E-state index contributed by atoms with van der Waals surface area (Å²) >= 11 is 0. The number of hydrogen-bond donors (Lipinski definition) is 2. The number of carbonyl (C=O) groups excluding carboxylic acids is 1. The highest BCUT2D eigenvalue weighted by molar-refractivity contribution is 5.79. The van der Waals surface area contributed by atoms with E-state index in [0.29, 0.717) is 12.2 Å². The molecule has 1 rings (SSSR count). The van der Waals surface area contributed by atoms with E-state index in [1.165, 1.54) is 11.0 Å². The van der Waals surface area contributed by atoms with Crippen molar-refractivity contribution in [1.82, 2.24) is 5.32 Å². The van der Waals surface area contributed by atoms with Crippen LogP contribution in [0.15, 0.2) is 18.2 Å². The number of carbonyl (C=O) groups is 1. The fourth-order valence-corrected chi connectivity index (χ4v) is 1.70. The van der Waals surface area contributed by atoms with Crippen LogP contribution in [0.4, 0.5) is 10.1 Å². The molecule has 0 radical (unpaired) electrons. The zero-order valence-corrected chi connectivity index (χ0v) is 10.9. The Bertz CT molecular complexity index is 409. The summed E-state index contributed by atoms with van der Waals surface area (Å²) in [6.45, 7) is 3.63. The van der Waals surface area contributed by atoms with E-state index < -0.39 is 5.91 Å². The van der Waals surface area contributed by atoms with Gasteiger partial charge in [-0.25, -0.2) is 4.39 Å². The van der Waals surface area contributed by atoms with Crippen LogP contribution in [0, 0.1) is 5.82 Å². The van der Waals surface area contributed by atoms with Crippen molar-refractivity contribution in [2.24, 2.45) is 5.73 Å². The fraction of sp³-hybridized carbons (Fsp3) is 0.462. The minimum Gasteiger partial charge on any atom is -0.368 e. The third-order valence-corrected chi connectivity index (χ3v) is 2.57. The highest BCUT2D eigenvalue weighted by Gasteiger charge is 2.10. The minimum absolute atomic E-state index is 0.00432. The van der Waals surface area contributed by atoms with Gasteiger partial charge in [0.2, 0.25) is 5.91 Å². The average Bonchev–Trinajstić information content (AvgIpc) is 2.28. The molecule has 0 aliphatic carbocycles. The smallest absolute Gasteiger partial charge is 0.236 e. The van der Waals surface area contributed by atoms with E-state index in [0.717, 1.165) is 18.5 Å². The van der Waals surface area contributed by atoms with Crippen LogP contribution in [0.1, 0.15) is 18.9 Å². The third-order valence-electron chi connectivity index (χ3n) is 2.57. The van der Waals surface area contributed by atoms with Gasteiger partial charge in [0, 0.05) is 13.6 Å². The fourth-order valence-electron chi connectivity index (χ4n) is 1.70. The quantitative estimate of drug-likeness (QED) is 0.719. The molecule has 1 aromatic rings. The van der Waals surface area contributed by atoms with Crippen molar-refractivity contribution in [3.05, 3.63) is 29.6 Å². The third kappa shape index (κ3) is 4.33. The molecule has 1 amide bonds. The Kier molecular flexibility index (Phi) is 5.58. The van der Waals surface area contributed by atoms with Gasteiger partial charge in [-0.2, -0.15) is 0 Å². The van der Waals surface area contributed by atoms with E-state index in [2.05, 4.69) is 12.2 Å². The van der Waals surface area contributed by atoms with Crippen molar-refractivity contribution in [2.45, 2.75) is 19.9 Å². The number of likely N-dealkylation sites (N-methyl/N-ethyl adjacent to an activating group) is 1. The Morgan fingerprint density at radius 2 is 2.22 bits per heavy atom. The van der Waals surface area contributed by atoms with Gasteiger partial charge < -0.3 is 16.0 Å². The lowest BCUT2D eigenvalue weighted by atomic mass is 10.2. The summed E-state index contributed by atoms with van der Waals surface area (Å²) in [5, 5.41) is 3.21. The minimum atomic E-state index is -0.481. The van der Waals surface area contributed by atoms with Gasteiger partial charge in [-0.3, -0.25) is 4.79 Å². The molecule has 3 N–H and O–H groups in total. The number of benzene rings is 1. The van der Waals surface area contributed by atoms with Crippen LogP contribution in [0.25, 0.3) is 0 Å². The van der Waals surface area contributed by atoms with Crippen LogP contribution in [-0.2, 0) is 11.3 Å². The molecule has 0 saturated heterocycles. The number of nitrogens with two attached hydrogens (primary N) is 1. The number of anilines is 1. The Labute approximate surface area is 107 Å². The summed E-state index contributed by atoms with van der Waals surface area (Å²) in [4.78, 5) is 12.3. The molecule has 4 nitrogen and oxygen atoms in total. The van der Waals surface area contributed by atoms with Gasteiger partial charge in [-0.1, -0.05) is 13.0 Å². The molecule has 0 aromatic heterocycles. The Balaban J connectivity index is 2.69. The summed E-state index contributed by atoms with van der Waals surface area (Å²) in [6, 6.07) is 5.00. The van der Waals surface area contributed by atoms with Crippen LogP contribution in [0.5, 0.6) is 0 Å². The van der Waals surface area contributed by atoms with Crippen molar-refractivity contribution in [3.63, 3.8) is 0 Å². The van der Waals surface area contributed by atoms with Crippen LogP contribution >= 0.6 is 0 Å². The van der Waals surface area contributed by atoms with Gasteiger partial charge in [0.05, 0.1) is 12.2 Å². The molecule has 0 bridgehead atoms. The number of halogens is 1. The molecule has 0 fully saturated rings. The van der Waals surface area contributed by atoms with Gasteiger partial charge in [-0.15, -0.1) is 0 Å². The standard InChI is InChI=1S/C13H20FN3O/c1-3-6-16-8-10-4-5-12(11(14)7-10)17(2)9-13(15)18/h4-5,7,16H,3,6,8-9H2,1-2H3,(H2,15,18). The molecular weight excluding hydrogens is 233 g/mol. The maximum absolute atomic E-state index is 13.8. The first-order chi connectivity index (χ1) is 8.54. The van der Waals surface area contributed by atoms with Gasteiger partial charge in [0.25, 0.3) is 0 Å². The molecule has 0 unspecified atom stereocenters. The van der Waals surface area contributed by atoms with Crippen molar-refractivity contribution in [1.29, 1.82) is 0 Å². The molecule has 0 heterocycles. The lowest BCUT2D eigenvalue weighted by Crippen LogP contribution is -2.31. The van der Waals surface area contributed by atoms with Crippen LogP contribution in [0.2, 0.25) is 0 Å². The molecule has 18 heavy (non-hydrogen) atoms. The normalized spacial score (nSPS) is 10.4. The molecule has 0 aliphatic rings. The molecule has 0 atom stereocenters. The maximum Gasteiger partial charge on any atom is 0.236 e. The second-order valence-corrected chi connectivity index (χ2v) is 4.28. The Hall–Kier alpha value is -1.62. The first-order valence-electron chi connectivity index (χ1n) is 6.03. The van der Waals surface area contributed by atoms with E-state index >= 15 is 0 Å². The van der Waals surface area contributed by atoms with E-state index in [1.54, 1.807) is 13.1 Å².